The average molecular weight is 287 g/mol. The van der Waals surface area contributed by atoms with Gasteiger partial charge in [-0.1, -0.05) is 11.8 Å². The average Bonchev–Trinajstić information content (AvgIpc) is 2.45. The summed E-state index contributed by atoms with van der Waals surface area (Å²) in [6.45, 7) is 2.26. The fourth-order valence-electron chi connectivity index (χ4n) is 1.81. The summed E-state index contributed by atoms with van der Waals surface area (Å²) in [6, 6.07) is 8.83. The molecule has 108 valence electrons. The van der Waals surface area contributed by atoms with E-state index in [4.69, 9.17) is 10.5 Å². The molecule has 0 bridgehead atoms. The van der Waals surface area contributed by atoms with Crippen molar-refractivity contribution in [3.8, 4) is 17.6 Å². The summed E-state index contributed by atoms with van der Waals surface area (Å²) in [5.41, 5.74) is 7.47. The maximum absolute atomic E-state index is 13.5. The molecule has 2 aromatic carbocycles. The number of hydrogen-bond donors (Lipinski definition) is 1. The van der Waals surface area contributed by atoms with Crippen molar-refractivity contribution < 1.29 is 13.5 Å². The predicted octanol–water partition coefficient (Wildman–Crippen LogP) is 3.16. The molecule has 0 aromatic heterocycles. The van der Waals surface area contributed by atoms with Crippen LogP contribution in [0.15, 0.2) is 36.4 Å². The van der Waals surface area contributed by atoms with Gasteiger partial charge in [0.2, 0.25) is 0 Å². The van der Waals surface area contributed by atoms with E-state index in [9.17, 15) is 8.78 Å². The van der Waals surface area contributed by atoms with Gasteiger partial charge in [-0.15, -0.1) is 0 Å². The Balaban J connectivity index is 2.08. The molecule has 0 spiro atoms. The Labute approximate surface area is 122 Å². The molecule has 0 aliphatic heterocycles. The van der Waals surface area contributed by atoms with Gasteiger partial charge < -0.3 is 10.5 Å². The van der Waals surface area contributed by atoms with Crippen LogP contribution in [0.4, 0.5) is 8.78 Å². The second-order valence-electron chi connectivity index (χ2n) is 4.51. The van der Waals surface area contributed by atoms with Gasteiger partial charge in [0.25, 0.3) is 0 Å². The van der Waals surface area contributed by atoms with E-state index in [0.29, 0.717) is 17.9 Å². The number of benzene rings is 2. The first-order valence-electron chi connectivity index (χ1n) is 6.46. The molecule has 0 unspecified atom stereocenters. The zero-order valence-corrected chi connectivity index (χ0v) is 11.6. The van der Waals surface area contributed by atoms with Gasteiger partial charge in [0.15, 0.2) is 0 Å². The van der Waals surface area contributed by atoms with Gasteiger partial charge in [0.05, 0.1) is 6.54 Å². The molecule has 0 aliphatic carbocycles. The topological polar surface area (TPSA) is 35.2 Å². The fourth-order valence-corrected chi connectivity index (χ4v) is 1.81. The first-order valence-corrected chi connectivity index (χ1v) is 6.46. The van der Waals surface area contributed by atoms with Crippen molar-refractivity contribution in [1.29, 1.82) is 0 Å². The highest BCUT2D eigenvalue weighted by Crippen LogP contribution is 2.19. The van der Waals surface area contributed by atoms with Crippen LogP contribution in [0.1, 0.15) is 16.7 Å². The molecular weight excluding hydrogens is 272 g/mol. The highest BCUT2D eigenvalue weighted by atomic mass is 19.1. The molecule has 0 saturated heterocycles. The first kappa shape index (κ1) is 15.0. The lowest BCUT2D eigenvalue weighted by Crippen LogP contribution is -1.99. The molecule has 2 rings (SSSR count). The molecular formula is C17H15F2NO. The quantitative estimate of drug-likeness (QED) is 0.880. The van der Waals surface area contributed by atoms with E-state index in [0.717, 1.165) is 17.2 Å². The van der Waals surface area contributed by atoms with Gasteiger partial charge in [0.1, 0.15) is 24.0 Å². The zero-order chi connectivity index (χ0) is 15.2. The minimum absolute atomic E-state index is 0.0411. The van der Waals surface area contributed by atoms with Crippen LogP contribution in [0.5, 0.6) is 5.75 Å². The third-order valence-corrected chi connectivity index (χ3v) is 2.93. The standard InChI is InChI=1S/C17H15F2NO/c1-12-9-16(7-5-13(12)3-2-8-20)21-11-14-4-6-15(18)10-17(14)19/h4-7,9-10H,8,11,20H2,1H3. The van der Waals surface area contributed by atoms with Gasteiger partial charge in [0, 0.05) is 17.2 Å². The van der Waals surface area contributed by atoms with E-state index in [1.165, 1.54) is 12.1 Å². The van der Waals surface area contributed by atoms with Crippen molar-refractivity contribution >= 4 is 0 Å². The Morgan fingerprint density at radius 2 is 1.95 bits per heavy atom. The largest absolute Gasteiger partial charge is 0.489 e. The number of halogens is 2. The third-order valence-electron chi connectivity index (χ3n) is 2.93. The van der Waals surface area contributed by atoms with Crippen molar-refractivity contribution in [1.82, 2.24) is 0 Å². The predicted molar refractivity (Wildman–Crippen MR) is 77.8 cm³/mol. The van der Waals surface area contributed by atoms with Gasteiger partial charge in [-0.25, -0.2) is 8.78 Å². The SMILES string of the molecule is Cc1cc(OCc2ccc(F)cc2F)ccc1C#CCN. The minimum Gasteiger partial charge on any atom is -0.489 e. The van der Waals surface area contributed by atoms with E-state index in [1.807, 2.05) is 19.1 Å². The van der Waals surface area contributed by atoms with Gasteiger partial charge in [-0.2, -0.15) is 0 Å². The lowest BCUT2D eigenvalue weighted by Gasteiger charge is -2.09. The number of hydrogen-bond acceptors (Lipinski definition) is 2. The van der Waals surface area contributed by atoms with Crippen LogP contribution >= 0.6 is 0 Å². The molecule has 4 heteroatoms. The van der Waals surface area contributed by atoms with Crippen molar-refractivity contribution in [2.75, 3.05) is 6.54 Å². The Bertz CT molecular complexity index is 702. The molecule has 0 fully saturated rings. The van der Waals surface area contributed by atoms with E-state index >= 15 is 0 Å². The maximum Gasteiger partial charge on any atom is 0.132 e. The van der Waals surface area contributed by atoms with Crippen LogP contribution < -0.4 is 10.5 Å². The summed E-state index contributed by atoms with van der Waals surface area (Å²) < 4.78 is 31.8. The highest BCUT2D eigenvalue weighted by molar-refractivity contribution is 5.44. The van der Waals surface area contributed by atoms with Crippen molar-refractivity contribution in [2.24, 2.45) is 5.73 Å². The number of aryl methyl sites for hydroxylation is 1. The second kappa shape index (κ2) is 6.87. The normalized spacial score (nSPS) is 9.90. The van der Waals surface area contributed by atoms with Crippen LogP contribution in [-0.2, 0) is 6.61 Å². The molecule has 2 aromatic rings. The second-order valence-corrected chi connectivity index (χ2v) is 4.51. The lowest BCUT2D eigenvalue weighted by atomic mass is 10.1. The van der Waals surface area contributed by atoms with E-state index in [1.54, 1.807) is 6.07 Å². The molecule has 0 saturated carbocycles. The molecule has 21 heavy (non-hydrogen) atoms. The van der Waals surface area contributed by atoms with E-state index < -0.39 is 11.6 Å². The Morgan fingerprint density at radius 1 is 1.14 bits per heavy atom. The number of ether oxygens (including phenoxy) is 1. The highest BCUT2D eigenvalue weighted by Gasteiger charge is 2.05. The third kappa shape index (κ3) is 4.04. The fraction of sp³-hybridized carbons (Fsp3) is 0.176. The van der Waals surface area contributed by atoms with Crippen LogP contribution in [-0.4, -0.2) is 6.54 Å². The number of rotatable bonds is 3. The molecule has 2 N–H and O–H groups in total. The Hall–Kier alpha value is -2.38. The molecule has 2 nitrogen and oxygen atoms in total. The summed E-state index contributed by atoms with van der Waals surface area (Å²) in [6.07, 6.45) is 0. The molecule has 0 amide bonds. The molecule has 0 heterocycles. The maximum atomic E-state index is 13.5. The van der Waals surface area contributed by atoms with Gasteiger partial charge in [-0.3, -0.25) is 0 Å². The monoisotopic (exact) mass is 287 g/mol. The van der Waals surface area contributed by atoms with Crippen LogP contribution in [0.25, 0.3) is 0 Å². The molecule has 0 aliphatic rings. The summed E-state index contributed by atoms with van der Waals surface area (Å²) in [4.78, 5) is 0. The summed E-state index contributed by atoms with van der Waals surface area (Å²) >= 11 is 0. The number of nitrogens with two attached hydrogens (primary N) is 1. The molecule has 0 atom stereocenters. The zero-order valence-electron chi connectivity index (χ0n) is 11.6. The van der Waals surface area contributed by atoms with Gasteiger partial charge >= 0.3 is 0 Å². The van der Waals surface area contributed by atoms with Crippen molar-refractivity contribution in [3.63, 3.8) is 0 Å². The van der Waals surface area contributed by atoms with Crippen LogP contribution in [0.3, 0.4) is 0 Å². The summed E-state index contributed by atoms with van der Waals surface area (Å²) in [5, 5.41) is 0. The lowest BCUT2D eigenvalue weighted by molar-refractivity contribution is 0.299. The molecule has 0 radical (unpaired) electrons. The van der Waals surface area contributed by atoms with E-state index in [-0.39, 0.29) is 6.61 Å². The van der Waals surface area contributed by atoms with E-state index in [2.05, 4.69) is 11.8 Å². The minimum atomic E-state index is -0.614. The Morgan fingerprint density at radius 3 is 2.62 bits per heavy atom. The van der Waals surface area contributed by atoms with Gasteiger partial charge in [-0.05, 0) is 42.8 Å². The van der Waals surface area contributed by atoms with Crippen molar-refractivity contribution in [3.05, 3.63) is 64.7 Å². The van der Waals surface area contributed by atoms with Crippen LogP contribution in [0, 0.1) is 30.4 Å². The summed E-state index contributed by atoms with van der Waals surface area (Å²) in [7, 11) is 0. The van der Waals surface area contributed by atoms with Crippen molar-refractivity contribution in [2.45, 2.75) is 13.5 Å². The van der Waals surface area contributed by atoms with Crippen LogP contribution in [0.2, 0.25) is 0 Å². The first-order chi connectivity index (χ1) is 10.1. The Kier molecular flexibility index (Phi) is 4.91. The smallest absolute Gasteiger partial charge is 0.132 e. The summed E-state index contributed by atoms with van der Waals surface area (Å²) in [5.74, 6) is 5.13.